The van der Waals surface area contributed by atoms with Crippen LogP contribution < -0.4 is 5.32 Å². The van der Waals surface area contributed by atoms with Crippen LogP contribution in [0.5, 0.6) is 0 Å². The van der Waals surface area contributed by atoms with Gasteiger partial charge in [0.15, 0.2) is 0 Å². The number of nitrogens with one attached hydrogen (secondary N) is 1. The summed E-state index contributed by atoms with van der Waals surface area (Å²) >= 11 is 0. The molecule has 0 aliphatic rings. The normalized spacial score (nSPS) is 12.1. The molecule has 1 heterocycles. The molecule has 0 saturated carbocycles. The smallest absolute Gasteiger partial charge is 0.130 e. The zero-order valence-corrected chi connectivity index (χ0v) is 13.1. The number of aryl methyl sites for hydroxylation is 1. The highest BCUT2D eigenvalue weighted by atomic mass is 16.5. The van der Waals surface area contributed by atoms with Crippen LogP contribution in [-0.4, -0.2) is 12.1 Å². The van der Waals surface area contributed by atoms with E-state index in [2.05, 4.69) is 39.1 Å². The molecule has 3 nitrogen and oxygen atoms in total. The first-order valence-corrected chi connectivity index (χ1v) is 7.33. The average molecular weight is 267 g/mol. The molecular formula is C16H29NO2. The molecule has 1 rings (SSSR count). The van der Waals surface area contributed by atoms with Crippen molar-refractivity contribution < 1.29 is 9.15 Å². The molecule has 0 spiro atoms. The maximum atomic E-state index is 5.72. The quantitative estimate of drug-likeness (QED) is 0.717. The maximum Gasteiger partial charge on any atom is 0.130 e. The van der Waals surface area contributed by atoms with E-state index >= 15 is 0 Å². The summed E-state index contributed by atoms with van der Waals surface area (Å²) in [7, 11) is 0. The third kappa shape index (κ3) is 6.79. The second kappa shape index (κ2) is 7.71. The summed E-state index contributed by atoms with van der Waals surface area (Å²) in [6.07, 6.45) is 3.60. The molecule has 1 aromatic heterocycles. The number of hydrogen-bond acceptors (Lipinski definition) is 3. The highest BCUT2D eigenvalue weighted by Gasteiger charge is 2.12. The van der Waals surface area contributed by atoms with Crippen molar-refractivity contribution in [2.24, 2.45) is 0 Å². The fourth-order valence-electron chi connectivity index (χ4n) is 1.82. The van der Waals surface area contributed by atoms with Gasteiger partial charge in [-0.3, -0.25) is 0 Å². The van der Waals surface area contributed by atoms with Crippen LogP contribution in [0.1, 0.15) is 64.0 Å². The minimum absolute atomic E-state index is 0.126. The number of ether oxygens (including phenoxy) is 1. The summed E-state index contributed by atoms with van der Waals surface area (Å²) in [5, 5.41) is 3.48. The van der Waals surface area contributed by atoms with E-state index in [9.17, 15) is 0 Å². The lowest BCUT2D eigenvalue weighted by Gasteiger charge is -2.20. The molecule has 110 valence electrons. The van der Waals surface area contributed by atoms with Crippen LogP contribution in [0.4, 0.5) is 0 Å². The summed E-state index contributed by atoms with van der Waals surface area (Å²) < 4.78 is 11.3. The molecule has 0 aliphatic heterocycles. The van der Waals surface area contributed by atoms with Crippen LogP contribution in [-0.2, 0) is 17.9 Å². The number of rotatable bonds is 8. The van der Waals surface area contributed by atoms with Crippen LogP contribution in [0, 0.1) is 6.92 Å². The summed E-state index contributed by atoms with van der Waals surface area (Å²) in [6, 6.07) is 2.11. The van der Waals surface area contributed by atoms with Crippen LogP contribution >= 0.6 is 0 Å². The van der Waals surface area contributed by atoms with Gasteiger partial charge in [-0.1, -0.05) is 19.8 Å². The zero-order chi connectivity index (χ0) is 14.3. The van der Waals surface area contributed by atoms with Gasteiger partial charge in [-0.2, -0.15) is 0 Å². The first-order valence-electron chi connectivity index (χ1n) is 7.33. The zero-order valence-electron chi connectivity index (χ0n) is 13.1. The van der Waals surface area contributed by atoms with E-state index in [0.717, 1.165) is 31.1 Å². The summed E-state index contributed by atoms with van der Waals surface area (Å²) in [5.41, 5.74) is 1.35. The Hall–Kier alpha value is -0.800. The lowest BCUT2D eigenvalue weighted by atomic mass is 10.1. The molecule has 0 fully saturated rings. The van der Waals surface area contributed by atoms with Gasteiger partial charge in [0.25, 0.3) is 0 Å². The second-order valence-corrected chi connectivity index (χ2v) is 6.16. The van der Waals surface area contributed by atoms with E-state index in [-0.39, 0.29) is 5.54 Å². The molecule has 0 saturated heterocycles. The molecule has 0 bridgehead atoms. The van der Waals surface area contributed by atoms with E-state index in [1.54, 1.807) is 0 Å². The molecule has 0 atom stereocenters. The van der Waals surface area contributed by atoms with Crippen molar-refractivity contribution in [3.8, 4) is 0 Å². The largest absolute Gasteiger partial charge is 0.464 e. The highest BCUT2D eigenvalue weighted by molar-refractivity contribution is 5.20. The minimum Gasteiger partial charge on any atom is -0.464 e. The molecule has 1 aromatic rings. The van der Waals surface area contributed by atoms with E-state index in [4.69, 9.17) is 9.15 Å². The molecule has 0 aromatic carbocycles. The van der Waals surface area contributed by atoms with Gasteiger partial charge in [-0.15, -0.1) is 0 Å². The molecule has 0 radical (unpaired) electrons. The Kier molecular flexibility index (Phi) is 6.59. The molecule has 0 aliphatic carbocycles. The first kappa shape index (κ1) is 16.3. The molecule has 0 amide bonds. The predicted octanol–water partition coefficient (Wildman–Crippen LogP) is 4.18. The van der Waals surface area contributed by atoms with Gasteiger partial charge in [0, 0.05) is 24.3 Å². The van der Waals surface area contributed by atoms with E-state index in [1.165, 1.54) is 18.4 Å². The van der Waals surface area contributed by atoms with Crippen LogP contribution in [0.3, 0.4) is 0 Å². The van der Waals surface area contributed by atoms with Crippen molar-refractivity contribution in [2.45, 2.75) is 72.6 Å². The lowest BCUT2D eigenvalue weighted by molar-refractivity contribution is 0.102. The Balaban J connectivity index is 2.36. The Bertz CT molecular complexity index is 363. The topological polar surface area (TPSA) is 34.4 Å². The second-order valence-electron chi connectivity index (χ2n) is 6.16. The number of hydrogen-bond donors (Lipinski definition) is 1. The Morgan fingerprint density at radius 2 is 2.00 bits per heavy atom. The predicted molar refractivity (Wildman–Crippen MR) is 79.2 cm³/mol. The summed E-state index contributed by atoms with van der Waals surface area (Å²) in [5.74, 6) is 1.92. The maximum absolute atomic E-state index is 5.72. The standard InChI is InChI=1S/C16H29NO2/c1-6-7-8-9-18-12-15-10-14(13(2)19-15)11-17-16(3,4)5/h10,17H,6-9,11-12H2,1-5H3. The monoisotopic (exact) mass is 267 g/mol. The minimum atomic E-state index is 0.126. The van der Waals surface area contributed by atoms with Crippen molar-refractivity contribution in [1.29, 1.82) is 0 Å². The molecule has 0 unspecified atom stereocenters. The van der Waals surface area contributed by atoms with Gasteiger partial charge in [0.05, 0.1) is 0 Å². The van der Waals surface area contributed by atoms with Gasteiger partial charge in [-0.25, -0.2) is 0 Å². The lowest BCUT2D eigenvalue weighted by Crippen LogP contribution is -2.35. The Morgan fingerprint density at radius 1 is 1.26 bits per heavy atom. The van der Waals surface area contributed by atoms with Crippen molar-refractivity contribution in [2.75, 3.05) is 6.61 Å². The highest BCUT2D eigenvalue weighted by Crippen LogP contribution is 2.16. The average Bonchev–Trinajstić information content (AvgIpc) is 2.66. The fourth-order valence-corrected chi connectivity index (χ4v) is 1.82. The van der Waals surface area contributed by atoms with Gasteiger partial charge in [-0.05, 0) is 40.2 Å². The van der Waals surface area contributed by atoms with E-state index < -0.39 is 0 Å². The van der Waals surface area contributed by atoms with E-state index in [1.807, 2.05) is 6.92 Å². The van der Waals surface area contributed by atoms with Crippen molar-refractivity contribution in [3.63, 3.8) is 0 Å². The van der Waals surface area contributed by atoms with Crippen LogP contribution in [0.2, 0.25) is 0 Å². The number of furan rings is 1. The van der Waals surface area contributed by atoms with Gasteiger partial charge in [0.1, 0.15) is 18.1 Å². The van der Waals surface area contributed by atoms with Crippen LogP contribution in [0.15, 0.2) is 10.5 Å². The third-order valence-corrected chi connectivity index (χ3v) is 3.02. The number of unbranched alkanes of at least 4 members (excludes halogenated alkanes) is 2. The Morgan fingerprint density at radius 3 is 2.63 bits per heavy atom. The van der Waals surface area contributed by atoms with Gasteiger partial charge < -0.3 is 14.5 Å². The summed E-state index contributed by atoms with van der Waals surface area (Å²) in [4.78, 5) is 0. The molecule has 19 heavy (non-hydrogen) atoms. The molecule has 3 heteroatoms. The fraction of sp³-hybridized carbons (Fsp3) is 0.750. The molecular weight excluding hydrogens is 238 g/mol. The van der Waals surface area contributed by atoms with Crippen LogP contribution in [0.25, 0.3) is 0 Å². The third-order valence-electron chi connectivity index (χ3n) is 3.02. The van der Waals surface area contributed by atoms with Gasteiger partial charge in [0.2, 0.25) is 0 Å². The van der Waals surface area contributed by atoms with Gasteiger partial charge >= 0.3 is 0 Å². The van der Waals surface area contributed by atoms with Crippen molar-refractivity contribution in [1.82, 2.24) is 5.32 Å². The molecule has 1 N–H and O–H groups in total. The first-order chi connectivity index (χ1) is 8.92. The summed E-state index contributed by atoms with van der Waals surface area (Å²) in [6.45, 7) is 13.0. The van der Waals surface area contributed by atoms with Crippen molar-refractivity contribution in [3.05, 3.63) is 23.2 Å². The SMILES string of the molecule is CCCCCOCc1cc(CNC(C)(C)C)c(C)o1. The Labute approximate surface area is 117 Å². The van der Waals surface area contributed by atoms with Crippen molar-refractivity contribution >= 4 is 0 Å². The van der Waals surface area contributed by atoms with E-state index in [0.29, 0.717) is 6.61 Å².